The summed E-state index contributed by atoms with van der Waals surface area (Å²) < 4.78 is 58.7. The third-order valence-corrected chi connectivity index (χ3v) is 8.34. The largest absolute Gasteiger partial charge is 0.490 e. The second kappa shape index (κ2) is 7.85. The number of aromatic nitrogens is 4. The molecule has 0 aromatic carbocycles. The monoisotopic (exact) mass is 519 g/mol. The number of anilines is 1. The third kappa shape index (κ3) is 4.51. The van der Waals surface area contributed by atoms with Crippen LogP contribution in [0.25, 0.3) is 11.2 Å². The minimum Gasteiger partial charge on any atom is -0.387 e. The van der Waals surface area contributed by atoms with E-state index in [-0.39, 0.29) is 23.6 Å². The van der Waals surface area contributed by atoms with Gasteiger partial charge in [0.15, 0.2) is 17.7 Å². The topological polar surface area (TPSA) is 268 Å². The number of aliphatic hydroxyl groups is 1. The van der Waals surface area contributed by atoms with Gasteiger partial charge in [-0.15, -0.1) is 0 Å². The second-order valence-corrected chi connectivity index (χ2v) is 11.2. The highest BCUT2D eigenvalue weighted by Crippen LogP contribution is 2.66. The van der Waals surface area contributed by atoms with E-state index in [1.54, 1.807) is 0 Å². The molecule has 2 unspecified atom stereocenters. The standard InChI is InChI=1S/C11H16N5O13P3/c12-8-5-9(14-3-13-8)16(4-15-5)10-6-7(17)11(27-10,1-25-6)2-26-31(21,22)29-32(23,24)28-30(18,19)20/h3-4,6-7,10,17H,1-2H2,(H,21,22)(H,23,24)(H2,12,13,14)(H2,18,19,20)/t6-,7+,10-,11-/m1/s1. The van der Waals surface area contributed by atoms with Crippen LogP contribution in [0, 0.1) is 0 Å². The van der Waals surface area contributed by atoms with E-state index in [4.69, 9.17) is 25.0 Å². The molecule has 18 nitrogen and oxygen atoms in total. The van der Waals surface area contributed by atoms with E-state index in [0.29, 0.717) is 0 Å². The van der Waals surface area contributed by atoms with Crippen LogP contribution >= 0.6 is 23.5 Å². The summed E-state index contributed by atoms with van der Waals surface area (Å²) in [6.45, 7) is -1.18. The summed E-state index contributed by atoms with van der Waals surface area (Å²) in [4.78, 5) is 47.9. The predicted molar refractivity (Wildman–Crippen MR) is 98.2 cm³/mol. The molecule has 0 saturated carbocycles. The molecule has 178 valence electrons. The molecule has 0 radical (unpaired) electrons. The summed E-state index contributed by atoms with van der Waals surface area (Å²) >= 11 is 0. The zero-order valence-corrected chi connectivity index (χ0v) is 18.2. The molecule has 2 saturated heterocycles. The molecular weight excluding hydrogens is 503 g/mol. The van der Waals surface area contributed by atoms with Crippen molar-refractivity contribution in [3.63, 3.8) is 0 Å². The average molecular weight is 519 g/mol. The molecule has 2 aromatic rings. The lowest BCUT2D eigenvalue weighted by Gasteiger charge is -2.31. The normalized spacial score (nSPS) is 31.6. The highest BCUT2D eigenvalue weighted by molar-refractivity contribution is 7.66. The zero-order chi connectivity index (χ0) is 23.5. The van der Waals surface area contributed by atoms with Gasteiger partial charge in [0, 0.05) is 0 Å². The van der Waals surface area contributed by atoms with Crippen molar-refractivity contribution >= 4 is 40.4 Å². The number of nitrogens with two attached hydrogens (primary N) is 1. The molecule has 7 N–H and O–H groups in total. The van der Waals surface area contributed by atoms with Crippen LogP contribution in [0.3, 0.4) is 0 Å². The summed E-state index contributed by atoms with van der Waals surface area (Å²) in [6.07, 6.45) is -0.884. The van der Waals surface area contributed by atoms with Crippen LogP contribution in [0.2, 0.25) is 0 Å². The number of phosphoric acid groups is 3. The highest BCUT2D eigenvalue weighted by Gasteiger charge is 2.63. The van der Waals surface area contributed by atoms with E-state index >= 15 is 0 Å². The van der Waals surface area contributed by atoms with Gasteiger partial charge < -0.3 is 39.9 Å². The van der Waals surface area contributed by atoms with Crippen LogP contribution < -0.4 is 5.73 Å². The molecule has 0 spiro atoms. The van der Waals surface area contributed by atoms with Gasteiger partial charge in [0.05, 0.1) is 19.5 Å². The Hall–Kier alpha value is -1.36. The van der Waals surface area contributed by atoms with Crippen molar-refractivity contribution in [1.82, 2.24) is 19.5 Å². The van der Waals surface area contributed by atoms with Gasteiger partial charge in [-0.1, -0.05) is 0 Å². The molecule has 32 heavy (non-hydrogen) atoms. The molecule has 2 aliphatic rings. The number of hydrogen-bond donors (Lipinski definition) is 6. The predicted octanol–water partition coefficient (Wildman–Crippen LogP) is -1.22. The Morgan fingerprint density at radius 1 is 1.16 bits per heavy atom. The van der Waals surface area contributed by atoms with Gasteiger partial charge in [-0.2, -0.15) is 8.62 Å². The van der Waals surface area contributed by atoms with Gasteiger partial charge in [-0.25, -0.2) is 28.6 Å². The lowest BCUT2D eigenvalue weighted by Crippen LogP contribution is -2.44. The van der Waals surface area contributed by atoms with Crippen molar-refractivity contribution < 1.29 is 61.0 Å². The van der Waals surface area contributed by atoms with Crippen molar-refractivity contribution in [2.45, 2.75) is 24.0 Å². The van der Waals surface area contributed by atoms with Crippen LogP contribution in [0.1, 0.15) is 6.23 Å². The van der Waals surface area contributed by atoms with Crippen LogP contribution in [-0.4, -0.2) is 75.2 Å². The van der Waals surface area contributed by atoms with Gasteiger partial charge in [-0.3, -0.25) is 9.09 Å². The Morgan fingerprint density at radius 3 is 2.56 bits per heavy atom. The molecule has 6 atom stereocenters. The van der Waals surface area contributed by atoms with Crippen molar-refractivity contribution in [2.75, 3.05) is 18.9 Å². The quantitative estimate of drug-likeness (QED) is 0.223. The number of nitrogen functional groups attached to an aromatic ring is 1. The van der Waals surface area contributed by atoms with Crippen LogP contribution in [0.5, 0.6) is 0 Å². The number of nitrogens with zero attached hydrogens (tertiary/aromatic N) is 4. The number of aliphatic hydroxyl groups excluding tert-OH is 1. The molecule has 2 aliphatic heterocycles. The smallest absolute Gasteiger partial charge is 0.387 e. The Labute approximate surface area is 177 Å². The number of ether oxygens (including phenoxy) is 2. The number of fused-ring (bicyclic) bond motifs is 3. The van der Waals surface area contributed by atoms with Gasteiger partial charge in [-0.05, 0) is 0 Å². The van der Waals surface area contributed by atoms with Crippen LogP contribution in [0.4, 0.5) is 5.82 Å². The summed E-state index contributed by atoms with van der Waals surface area (Å²) in [5.41, 5.74) is 4.54. The fourth-order valence-corrected chi connectivity index (χ4v) is 6.37. The lowest BCUT2D eigenvalue weighted by atomic mass is 10.0. The Bertz CT molecular complexity index is 1190. The number of imidazole rings is 1. The Morgan fingerprint density at radius 2 is 1.88 bits per heavy atom. The van der Waals surface area contributed by atoms with Crippen molar-refractivity contribution in [3.8, 4) is 0 Å². The summed E-state index contributed by atoms with van der Waals surface area (Å²) in [7, 11) is -16.7. The third-order valence-electron chi connectivity index (χ3n) is 4.56. The van der Waals surface area contributed by atoms with Crippen molar-refractivity contribution in [3.05, 3.63) is 12.7 Å². The maximum absolute atomic E-state index is 12.0. The number of hydrogen-bond acceptors (Lipinski definition) is 13. The fourth-order valence-electron chi connectivity index (χ4n) is 3.29. The number of rotatable bonds is 8. The molecule has 2 fully saturated rings. The summed E-state index contributed by atoms with van der Waals surface area (Å²) in [6, 6.07) is 0. The average Bonchev–Trinajstić information content (AvgIpc) is 3.28. The lowest BCUT2D eigenvalue weighted by molar-refractivity contribution is -0.183. The first-order valence-electron chi connectivity index (χ1n) is 8.41. The van der Waals surface area contributed by atoms with Crippen LogP contribution in [-0.2, 0) is 36.3 Å². The van der Waals surface area contributed by atoms with Gasteiger partial charge in [0.2, 0.25) is 0 Å². The molecule has 2 aromatic heterocycles. The summed E-state index contributed by atoms with van der Waals surface area (Å²) in [5.74, 6) is 0.0979. The molecular formula is C11H16N5O13P3. The molecule has 2 bridgehead atoms. The second-order valence-electron chi connectivity index (χ2n) is 6.74. The van der Waals surface area contributed by atoms with Gasteiger partial charge in [0.25, 0.3) is 0 Å². The zero-order valence-electron chi connectivity index (χ0n) is 15.5. The first-order chi connectivity index (χ1) is 14.7. The van der Waals surface area contributed by atoms with E-state index in [2.05, 4.69) is 28.1 Å². The maximum Gasteiger partial charge on any atom is 0.490 e. The Kier molecular flexibility index (Phi) is 5.84. The van der Waals surface area contributed by atoms with Gasteiger partial charge in [0.1, 0.15) is 29.7 Å². The minimum absolute atomic E-state index is 0.0979. The Balaban J connectivity index is 1.50. The van der Waals surface area contributed by atoms with Gasteiger partial charge >= 0.3 is 23.5 Å². The maximum atomic E-state index is 12.0. The van der Waals surface area contributed by atoms with E-state index in [1.807, 2.05) is 0 Å². The number of phosphoric ester groups is 1. The molecule has 0 aliphatic carbocycles. The fraction of sp³-hybridized carbons (Fsp3) is 0.545. The van der Waals surface area contributed by atoms with E-state index in [0.717, 1.165) is 0 Å². The molecule has 21 heteroatoms. The van der Waals surface area contributed by atoms with Crippen molar-refractivity contribution in [1.29, 1.82) is 0 Å². The minimum atomic E-state index is -5.69. The van der Waals surface area contributed by atoms with Crippen molar-refractivity contribution in [2.24, 2.45) is 0 Å². The first kappa shape index (κ1) is 23.8. The summed E-state index contributed by atoms with van der Waals surface area (Å²) in [5, 5.41) is 10.6. The molecule has 4 rings (SSSR count). The first-order valence-corrected chi connectivity index (χ1v) is 12.9. The van der Waals surface area contributed by atoms with E-state index in [9.17, 15) is 28.6 Å². The van der Waals surface area contributed by atoms with E-state index < -0.39 is 54.1 Å². The van der Waals surface area contributed by atoms with Crippen LogP contribution in [0.15, 0.2) is 12.7 Å². The van der Waals surface area contributed by atoms with E-state index in [1.165, 1.54) is 17.2 Å². The highest BCUT2D eigenvalue weighted by atomic mass is 31.3. The SMILES string of the molecule is Nc1ncnc2c1ncn2[C@@H]1O[C@@]2(COP(=O)(O)OP(=O)(O)OP(=O)(O)O)CO[C@@H]1[C@@H]2O. The molecule has 4 heterocycles. The molecule has 0 amide bonds.